The second-order valence-electron chi connectivity index (χ2n) is 4.37. The molecule has 0 aromatic heterocycles. The number of methoxy groups -OCH3 is 1. The Labute approximate surface area is 108 Å². The fourth-order valence-corrected chi connectivity index (χ4v) is 2.92. The molecule has 0 heterocycles. The summed E-state index contributed by atoms with van der Waals surface area (Å²) in [7, 11) is -0.314. The van der Waals surface area contributed by atoms with Crippen LogP contribution in [0.5, 0.6) is 0 Å². The summed E-state index contributed by atoms with van der Waals surface area (Å²) in [5.74, 6) is 0. The van der Waals surface area contributed by atoms with E-state index < -0.39 is 10.0 Å². The van der Waals surface area contributed by atoms with Crippen molar-refractivity contribution in [2.45, 2.75) is 29.9 Å². The van der Waals surface area contributed by atoms with Gasteiger partial charge in [0, 0.05) is 13.2 Å². The van der Waals surface area contributed by atoms with Gasteiger partial charge in [0.15, 0.2) is 0 Å². The number of nitrogens with one attached hydrogen (secondary N) is 2. The van der Waals surface area contributed by atoms with Crippen molar-refractivity contribution in [1.82, 2.24) is 4.72 Å². The maximum absolute atomic E-state index is 11.9. The van der Waals surface area contributed by atoms with Gasteiger partial charge in [-0.25, -0.2) is 13.1 Å². The Hall–Kier alpha value is -1.11. The first-order valence-corrected chi connectivity index (χ1v) is 7.37. The van der Waals surface area contributed by atoms with E-state index in [0.29, 0.717) is 5.69 Å². The van der Waals surface area contributed by atoms with Gasteiger partial charge in [-0.2, -0.15) is 0 Å². The van der Waals surface area contributed by atoms with Gasteiger partial charge < -0.3 is 10.1 Å². The van der Waals surface area contributed by atoms with Crippen LogP contribution in [0.1, 0.15) is 12.8 Å². The van der Waals surface area contributed by atoms with Crippen molar-refractivity contribution in [2.75, 3.05) is 19.5 Å². The molecule has 100 valence electrons. The Morgan fingerprint density at radius 2 is 1.94 bits per heavy atom. The molecule has 0 aliphatic heterocycles. The number of benzene rings is 1. The summed E-state index contributed by atoms with van der Waals surface area (Å²) in [6, 6.07) is 7.20. The predicted octanol–water partition coefficient (Wildman–Crippen LogP) is 1.18. The van der Waals surface area contributed by atoms with Gasteiger partial charge in [-0.15, -0.1) is 0 Å². The molecule has 2 rings (SSSR count). The number of ether oxygens (including phenoxy) is 1. The Kier molecular flexibility index (Phi) is 3.89. The fourth-order valence-electron chi connectivity index (χ4n) is 2.03. The molecule has 1 saturated carbocycles. The minimum Gasteiger partial charge on any atom is -0.381 e. The van der Waals surface area contributed by atoms with Crippen LogP contribution in [0.25, 0.3) is 0 Å². The van der Waals surface area contributed by atoms with Crippen LogP contribution >= 0.6 is 0 Å². The van der Waals surface area contributed by atoms with Crippen molar-refractivity contribution >= 4 is 15.7 Å². The van der Waals surface area contributed by atoms with E-state index >= 15 is 0 Å². The molecule has 1 aromatic carbocycles. The van der Waals surface area contributed by atoms with E-state index in [1.807, 2.05) is 6.07 Å². The van der Waals surface area contributed by atoms with Crippen LogP contribution in [-0.4, -0.2) is 34.7 Å². The first-order valence-electron chi connectivity index (χ1n) is 5.88. The van der Waals surface area contributed by atoms with Gasteiger partial charge in [0.1, 0.15) is 4.90 Å². The summed E-state index contributed by atoms with van der Waals surface area (Å²) in [6.45, 7) is 0. The molecule has 0 saturated heterocycles. The molecule has 2 N–H and O–H groups in total. The molecule has 0 spiro atoms. The third-order valence-corrected chi connectivity index (χ3v) is 4.71. The SMILES string of the molecule is CNS(=O)(=O)c1ccccc1NC1CC(OC)C1. The monoisotopic (exact) mass is 270 g/mol. The smallest absolute Gasteiger partial charge is 0.242 e. The van der Waals surface area contributed by atoms with Gasteiger partial charge in [0.05, 0.1) is 11.8 Å². The van der Waals surface area contributed by atoms with Crippen molar-refractivity contribution in [1.29, 1.82) is 0 Å². The Balaban J connectivity index is 2.14. The molecule has 1 aliphatic rings. The standard InChI is InChI=1S/C12H18N2O3S/c1-13-18(15,16)12-6-4-3-5-11(12)14-9-7-10(8-9)17-2/h3-6,9-10,13-14H,7-8H2,1-2H3. The number of anilines is 1. The lowest BCUT2D eigenvalue weighted by Crippen LogP contribution is -2.40. The van der Waals surface area contributed by atoms with Crippen molar-refractivity contribution in [3.63, 3.8) is 0 Å². The fraction of sp³-hybridized carbons (Fsp3) is 0.500. The van der Waals surface area contributed by atoms with Gasteiger partial charge in [-0.05, 0) is 32.0 Å². The predicted molar refractivity (Wildman–Crippen MR) is 70.1 cm³/mol. The highest BCUT2D eigenvalue weighted by Gasteiger charge is 2.30. The molecule has 0 atom stereocenters. The highest BCUT2D eigenvalue weighted by molar-refractivity contribution is 7.89. The first-order chi connectivity index (χ1) is 8.56. The van der Waals surface area contributed by atoms with Crippen molar-refractivity contribution in [2.24, 2.45) is 0 Å². The van der Waals surface area contributed by atoms with E-state index in [1.165, 1.54) is 7.05 Å². The average Bonchev–Trinajstić information content (AvgIpc) is 2.33. The van der Waals surface area contributed by atoms with E-state index in [4.69, 9.17) is 4.74 Å². The van der Waals surface area contributed by atoms with Crippen LogP contribution in [0.3, 0.4) is 0 Å². The van der Waals surface area contributed by atoms with Crippen LogP contribution in [0.15, 0.2) is 29.2 Å². The Morgan fingerprint density at radius 1 is 1.28 bits per heavy atom. The van der Waals surface area contributed by atoms with Crippen LogP contribution < -0.4 is 10.0 Å². The molecule has 1 fully saturated rings. The van der Waals surface area contributed by atoms with Crippen molar-refractivity contribution in [3.8, 4) is 0 Å². The number of sulfonamides is 1. The van der Waals surface area contributed by atoms with Crippen LogP contribution in [0.4, 0.5) is 5.69 Å². The van der Waals surface area contributed by atoms with E-state index in [2.05, 4.69) is 10.0 Å². The Morgan fingerprint density at radius 3 is 2.56 bits per heavy atom. The number of hydrogen-bond donors (Lipinski definition) is 2. The lowest BCUT2D eigenvalue weighted by Gasteiger charge is -2.35. The summed E-state index contributed by atoms with van der Waals surface area (Å²) in [5, 5.41) is 3.25. The minimum atomic E-state index is -3.42. The lowest BCUT2D eigenvalue weighted by atomic mass is 9.89. The molecule has 18 heavy (non-hydrogen) atoms. The number of rotatable bonds is 5. The molecule has 0 unspecified atom stereocenters. The third kappa shape index (κ3) is 2.66. The molecular formula is C12H18N2O3S. The summed E-state index contributed by atoms with van der Waals surface area (Å²) < 4.78 is 31.2. The topological polar surface area (TPSA) is 67.4 Å². The minimum absolute atomic E-state index is 0.281. The van der Waals surface area contributed by atoms with E-state index in [9.17, 15) is 8.42 Å². The van der Waals surface area contributed by atoms with Crippen LogP contribution in [-0.2, 0) is 14.8 Å². The second-order valence-corrected chi connectivity index (χ2v) is 6.23. The molecule has 1 aliphatic carbocycles. The van der Waals surface area contributed by atoms with Crippen LogP contribution in [0, 0.1) is 0 Å². The van der Waals surface area contributed by atoms with Gasteiger partial charge in [-0.3, -0.25) is 0 Å². The first kappa shape index (κ1) is 13.3. The molecular weight excluding hydrogens is 252 g/mol. The summed E-state index contributed by atoms with van der Waals surface area (Å²) in [6.07, 6.45) is 2.10. The molecule has 1 aromatic rings. The van der Waals surface area contributed by atoms with Gasteiger partial charge in [0.2, 0.25) is 10.0 Å². The quantitative estimate of drug-likeness (QED) is 0.843. The lowest BCUT2D eigenvalue weighted by molar-refractivity contribution is 0.0328. The maximum atomic E-state index is 11.9. The normalized spacial score (nSPS) is 23.4. The highest BCUT2D eigenvalue weighted by Crippen LogP contribution is 2.29. The second kappa shape index (κ2) is 5.26. The summed E-state index contributed by atoms with van der Waals surface area (Å²) >= 11 is 0. The van der Waals surface area contributed by atoms with Crippen LogP contribution in [0.2, 0.25) is 0 Å². The zero-order valence-corrected chi connectivity index (χ0v) is 11.3. The molecule has 0 radical (unpaired) electrons. The third-order valence-electron chi connectivity index (χ3n) is 3.23. The van der Waals surface area contributed by atoms with E-state index in [-0.39, 0.29) is 17.0 Å². The largest absolute Gasteiger partial charge is 0.381 e. The maximum Gasteiger partial charge on any atom is 0.242 e. The molecule has 6 heteroatoms. The van der Waals surface area contributed by atoms with Gasteiger partial charge in [0.25, 0.3) is 0 Å². The van der Waals surface area contributed by atoms with Crippen molar-refractivity contribution < 1.29 is 13.2 Å². The summed E-state index contributed by atoms with van der Waals surface area (Å²) in [5.41, 5.74) is 0.645. The van der Waals surface area contributed by atoms with Gasteiger partial charge >= 0.3 is 0 Å². The summed E-state index contributed by atoms with van der Waals surface area (Å²) in [4.78, 5) is 0.286. The average molecular weight is 270 g/mol. The number of hydrogen-bond acceptors (Lipinski definition) is 4. The molecule has 5 nitrogen and oxygen atoms in total. The number of para-hydroxylation sites is 1. The van der Waals surface area contributed by atoms with Crippen molar-refractivity contribution in [3.05, 3.63) is 24.3 Å². The van der Waals surface area contributed by atoms with E-state index in [0.717, 1.165) is 12.8 Å². The van der Waals surface area contributed by atoms with Gasteiger partial charge in [-0.1, -0.05) is 12.1 Å². The molecule has 0 bridgehead atoms. The Bertz CT molecular complexity index is 510. The zero-order chi connectivity index (χ0) is 13.2. The zero-order valence-electron chi connectivity index (χ0n) is 10.5. The highest BCUT2D eigenvalue weighted by atomic mass is 32.2. The van der Waals surface area contributed by atoms with E-state index in [1.54, 1.807) is 25.3 Å². The molecule has 0 amide bonds.